The molecule has 34 heavy (non-hydrogen) atoms. The van der Waals surface area contributed by atoms with Crippen LogP contribution in [0.5, 0.6) is 0 Å². The third-order valence-electron chi connectivity index (χ3n) is 4.52. The van der Waals surface area contributed by atoms with E-state index in [2.05, 4.69) is 15.3 Å². The van der Waals surface area contributed by atoms with Crippen LogP contribution >= 0.6 is 0 Å². The maximum atomic E-state index is 12.5. The Morgan fingerprint density at radius 1 is 1.03 bits per heavy atom. The second-order valence-corrected chi connectivity index (χ2v) is 11.3. The molecule has 0 fully saturated rings. The third kappa shape index (κ3) is 6.49. The molecule has 0 atom stereocenters. The maximum Gasteiger partial charge on any atom is 0.330 e. The number of anilines is 2. The highest BCUT2D eigenvalue weighted by Gasteiger charge is 2.19. The molecule has 0 aliphatic rings. The lowest BCUT2D eigenvalue weighted by atomic mass is 10.1. The summed E-state index contributed by atoms with van der Waals surface area (Å²) in [6, 6.07) is 12.9. The number of esters is 1. The SMILES string of the molecule is CCOC(=O)/C=C/c1cccc(-c2cnc(Nc3cccc(S(C)(=O)=O)c3)nc2S(C)(=O)=O)c1. The molecule has 0 aliphatic heterocycles. The van der Waals surface area contributed by atoms with E-state index in [0.29, 0.717) is 16.8 Å². The van der Waals surface area contributed by atoms with Crippen molar-refractivity contribution in [1.82, 2.24) is 9.97 Å². The first-order valence-electron chi connectivity index (χ1n) is 10.1. The maximum absolute atomic E-state index is 12.5. The van der Waals surface area contributed by atoms with E-state index in [9.17, 15) is 21.6 Å². The molecule has 0 bridgehead atoms. The van der Waals surface area contributed by atoms with Crippen LogP contribution in [0.1, 0.15) is 12.5 Å². The summed E-state index contributed by atoms with van der Waals surface area (Å²) >= 11 is 0. The summed E-state index contributed by atoms with van der Waals surface area (Å²) in [4.78, 5) is 20.1. The highest BCUT2D eigenvalue weighted by atomic mass is 32.2. The van der Waals surface area contributed by atoms with Crippen LogP contribution in [0.2, 0.25) is 0 Å². The number of nitrogens with one attached hydrogen (secondary N) is 1. The summed E-state index contributed by atoms with van der Waals surface area (Å²) in [6.45, 7) is 1.97. The predicted octanol–water partition coefficient (Wildman–Crippen LogP) is 3.27. The van der Waals surface area contributed by atoms with Crippen LogP contribution in [0, 0.1) is 0 Å². The average Bonchev–Trinajstić information content (AvgIpc) is 2.77. The van der Waals surface area contributed by atoms with Gasteiger partial charge in [0.25, 0.3) is 0 Å². The van der Waals surface area contributed by atoms with Gasteiger partial charge in [-0.15, -0.1) is 0 Å². The van der Waals surface area contributed by atoms with Crippen LogP contribution in [-0.4, -0.2) is 51.9 Å². The molecule has 1 aromatic heterocycles. The zero-order valence-electron chi connectivity index (χ0n) is 18.7. The highest BCUT2D eigenvalue weighted by Crippen LogP contribution is 2.28. The second kappa shape index (κ2) is 10.1. The molecule has 0 saturated heterocycles. The fraction of sp³-hybridized carbons (Fsp3) is 0.174. The molecule has 9 nitrogen and oxygen atoms in total. The van der Waals surface area contributed by atoms with E-state index in [1.165, 1.54) is 24.4 Å². The zero-order chi connectivity index (χ0) is 24.9. The van der Waals surface area contributed by atoms with Crippen LogP contribution in [0.3, 0.4) is 0 Å². The van der Waals surface area contributed by atoms with Crippen molar-refractivity contribution in [2.24, 2.45) is 0 Å². The highest BCUT2D eigenvalue weighted by molar-refractivity contribution is 7.91. The van der Waals surface area contributed by atoms with Gasteiger partial charge < -0.3 is 10.1 Å². The van der Waals surface area contributed by atoms with Crippen molar-refractivity contribution in [3.63, 3.8) is 0 Å². The van der Waals surface area contributed by atoms with E-state index in [4.69, 9.17) is 4.74 Å². The Kier molecular flexibility index (Phi) is 7.48. The van der Waals surface area contributed by atoms with Crippen molar-refractivity contribution >= 4 is 43.4 Å². The van der Waals surface area contributed by atoms with Gasteiger partial charge in [-0.25, -0.2) is 31.6 Å². The number of ether oxygens (including phenoxy) is 1. The van der Waals surface area contributed by atoms with Gasteiger partial charge in [-0.3, -0.25) is 0 Å². The summed E-state index contributed by atoms with van der Waals surface area (Å²) in [5.74, 6) is -0.489. The summed E-state index contributed by atoms with van der Waals surface area (Å²) in [5.41, 5.74) is 1.87. The average molecular weight is 502 g/mol. The normalized spacial score (nSPS) is 12.0. The minimum absolute atomic E-state index is 0.00631. The van der Waals surface area contributed by atoms with E-state index < -0.39 is 25.6 Å². The molecule has 1 N–H and O–H groups in total. The van der Waals surface area contributed by atoms with E-state index in [0.717, 1.165) is 12.5 Å². The third-order valence-corrected chi connectivity index (χ3v) is 6.64. The lowest BCUT2D eigenvalue weighted by Gasteiger charge is -2.11. The Morgan fingerprint density at radius 3 is 2.44 bits per heavy atom. The van der Waals surface area contributed by atoms with Crippen molar-refractivity contribution in [2.75, 3.05) is 24.4 Å². The van der Waals surface area contributed by atoms with Gasteiger partial charge in [0.2, 0.25) is 5.95 Å². The molecule has 1 heterocycles. The van der Waals surface area contributed by atoms with E-state index in [1.807, 2.05) is 0 Å². The van der Waals surface area contributed by atoms with Gasteiger partial charge in [0.15, 0.2) is 24.7 Å². The zero-order valence-corrected chi connectivity index (χ0v) is 20.4. The standard InChI is InChI=1S/C23H23N3O6S2/c1-4-32-21(27)12-11-16-7-5-8-17(13-16)20-15-24-23(26-22(20)34(3,30)31)25-18-9-6-10-19(14-18)33(2,28)29/h5-15H,4H2,1-3H3,(H,24,25,26)/b12-11+. The molecule has 2 aromatic carbocycles. The van der Waals surface area contributed by atoms with Crippen LogP contribution in [0.25, 0.3) is 17.2 Å². The fourth-order valence-electron chi connectivity index (χ4n) is 3.01. The largest absolute Gasteiger partial charge is 0.463 e. The Balaban J connectivity index is 1.98. The molecule has 0 amide bonds. The molecular formula is C23H23N3O6S2. The second-order valence-electron chi connectivity index (χ2n) is 7.32. The van der Waals surface area contributed by atoms with Gasteiger partial charge in [0, 0.05) is 36.0 Å². The van der Waals surface area contributed by atoms with Gasteiger partial charge in [0.05, 0.1) is 11.5 Å². The van der Waals surface area contributed by atoms with Crippen molar-refractivity contribution in [3.05, 3.63) is 66.4 Å². The number of aromatic nitrogens is 2. The molecule has 178 valence electrons. The van der Waals surface area contributed by atoms with E-state index in [-0.39, 0.29) is 28.0 Å². The molecule has 3 aromatic rings. The molecule has 0 spiro atoms. The summed E-state index contributed by atoms with van der Waals surface area (Å²) in [6.07, 6.45) is 6.36. The summed E-state index contributed by atoms with van der Waals surface area (Å²) in [7, 11) is -7.17. The number of carbonyl (C=O) groups is 1. The Morgan fingerprint density at radius 2 is 1.76 bits per heavy atom. The quantitative estimate of drug-likeness (QED) is 0.280. The van der Waals surface area contributed by atoms with E-state index in [1.54, 1.807) is 49.4 Å². The lowest BCUT2D eigenvalue weighted by molar-refractivity contribution is -0.137. The molecular weight excluding hydrogens is 478 g/mol. The van der Waals surface area contributed by atoms with Gasteiger partial charge in [-0.1, -0.05) is 24.3 Å². The van der Waals surface area contributed by atoms with Gasteiger partial charge >= 0.3 is 5.97 Å². The van der Waals surface area contributed by atoms with Crippen molar-refractivity contribution in [1.29, 1.82) is 0 Å². The Labute approximate surface area is 198 Å². The minimum atomic E-state index is -3.75. The van der Waals surface area contributed by atoms with Gasteiger partial charge in [0.1, 0.15) is 0 Å². The number of nitrogens with zero attached hydrogens (tertiary/aromatic N) is 2. The molecule has 11 heteroatoms. The Bertz CT molecular complexity index is 1470. The molecule has 0 saturated carbocycles. The van der Waals surface area contributed by atoms with Crippen LogP contribution < -0.4 is 5.32 Å². The lowest BCUT2D eigenvalue weighted by Crippen LogP contribution is -2.08. The van der Waals surface area contributed by atoms with Crippen LogP contribution in [0.4, 0.5) is 11.6 Å². The predicted molar refractivity (Wildman–Crippen MR) is 129 cm³/mol. The number of sulfone groups is 2. The number of hydrogen-bond acceptors (Lipinski definition) is 9. The molecule has 0 unspecified atom stereocenters. The van der Waals surface area contributed by atoms with E-state index >= 15 is 0 Å². The van der Waals surface area contributed by atoms with Crippen LogP contribution in [-0.2, 0) is 29.2 Å². The topological polar surface area (TPSA) is 132 Å². The first kappa shape index (κ1) is 25.1. The number of benzene rings is 2. The van der Waals surface area contributed by atoms with Crippen molar-refractivity contribution < 1.29 is 26.4 Å². The molecule has 0 aliphatic carbocycles. The van der Waals surface area contributed by atoms with Gasteiger partial charge in [-0.05, 0) is 48.4 Å². The Hall–Kier alpha value is -3.57. The first-order valence-corrected chi connectivity index (χ1v) is 13.8. The van der Waals surface area contributed by atoms with Crippen molar-refractivity contribution in [2.45, 2.75) is 16.8 Å². The first-order chi connectivity index (χ1) is 16.0. The number of hydrogen-bond donors (Lipinski definition) is 1. The molecule has 3 rings (SSSR count). The number of rotatable bonds is 8. The molecule has 0 radical (unpaired) electrons. The monoisotopic (exact) mass is 501 g/mol. The summed E-state index contributed by atoms with van der Waals surface area (Å²) in [5, 5.41) is 2.65. The fourth-order valence-corrected chi connectivity index (χ4v) is 4.49. The summed E-state index contributed by atoms with van der Waals surface area (Å²) < 4.78 is 53.5. The van der Waals surface area contributed by atoms with Crippen molar-refractivity contribution in [3.8, 4) is 11.1 Å². The minimum Gasteiger partial charge on any atom is -0.463 e. The van der Waals surface area contributed by atoms with Gasteiger partial charge in [-0.2, -0.15) is 0 Å². The number of carbonyl (C=O) groups excluding carboxylic acids is 1. The smallest absolute Gasteiger partial charge is 0.330 e. The van der Waals surface area contributed by atoms with Crippen LogP contribution in [0.15, 0.2) is 70.7 Å².